The standard InChI is InChI=1S/C26H28N4O5.Na/c1-16-13-23(18(3)28-24(16)34-12-11-31)22-6-4-5-20(17(22)2)14-27-21-9-7-19(8-10-21)15-30-25(32)29-26(33)35-30;/h4-10,13,27,31H,11-12,14-15H2,1-3H3,(H,29,32,33);/q;+1/p-1. The van der Waals surface area contributed by atoms with Gasteiger partial charge in [-0.1, -0.05) is 30.3 Å². The minimum atomic E-state index is -0.891. The molecule has 4 aromatic rings. The number of aryl methyl sites for hydroxylation is 2. The number of rotatable bonds is 9. The van der Waals surface area contributed by atoms with Crippen LogP contribution in [0.5, 0.6) is 5.88 Å². The Balaban J connectivity index is 0.00000361. The summed E-state index contributed by atoms with van der Waals surface area (Å²) in [5.74, 6) is -0.348. The van der Waals surface area contributed by atoms with E-state index in [1.54, 1.807) is 0 Å². The molecule has 0 unspecified atom stereocenters. The molecule has 36 heavy (non-hydrogen) atoms. The van der Waals surface area contributed by atoms with E-state index in [2.05, 4.69) is 40.4 Å². The van der Waals surface area contributed by atoms with Crippen molar-refractivity contribution < 1.29 is 43.9 Å². The van der Waals surface area contributed by atoms with Gasteiger partial charge in [-0.25, -0.2) is 9.78 Å². The second-order valence-electron chi connectivity index (χ2n) is 8.24. The quantitative estimate of drug-likeness (QED) is 0.304. The predicted octanol–water partition coefficient (Wildman–Crippen LogP) is -0.219. The van der Waals surface area contributed by atoms with E-state index < -0.39 is 11.4 Å². The molecule has 0 aliphatic carbocycles. The van der Waals surface area contributed by atoms with Crippen molar-refractivity contribution in [2.75, 3.05) is 18.5 Å². The number of aromatic nitrogens is 3. The Morgan fingerprint density at radius 2 is 1.83 bits per heavy atom. The van der Waals surface area contributed by atoms with E-state index in [0.717, 1.165) is 49.5 Å². The molecule has 10 heteroatoms. The van der Waals surface area contributed by atoms with E-state index in [4.69, 9.17) is 14.4 Å². The second kappa shape index (κ2) is 12.2. The third kappa shape index (κ3) is 6.36. The van der Waals surface area contributed by atoms with Crippen molar-refractivity contribution in [3.8, 4) is 17.0 Å². The van der Waals surface area contributed by atoms with Gasteiger partial charge in [0.1, 0.15) is 6.61 Å². The van der Waals surface area contributed by atoms with Gasteiger partial charge < -0.3 is 24.7 Å². The summed E-state index contributed by atoms with van der Waals surface area (Å²) in [6.45, 7) is 6.94. The van der Waals surface area contributed by atoms with Crippen molar-refractivity contribution >= 4 is 5.69 Å². The zero-order chi connectivity index (χ0) is 24.9. The van der Waals surface area contributed by atoms with Crippen LogP contribution in [0.25, 0.3) is 11.1 Å². The zero-order valence-corrected chi connectivity index (χ0v) is 22.9. The van der Waals surface area contributed by atoms with Crippen molar-refractivity contribution in [2.45, 2.75) is 33.9 Å². The number of anilines is 1. The van der Waals surface area contributed by atoms with Crippen molar-refractivity contribution in [1.82, 2.24) is 14.7 Å². The minimum absolute atomic E-state index is 0. The fourth-order valence-corrected chi connectivity index (χ4v) is 3.89. The Bertz CT molecular complexity index is 1440. The average molecular weight is 499 g/mol. The smallest absolute Gasteiger partial charge is 0.475 e. The molecule has 4 rings (SSSR count). The summed E-state index contributed by atoms with van der Waals surface area (Å²) < 4.78 is 11.2. The zero-order valence-electron chi connectivity index (χ0n) is 20.9. The Kier molecular flexibility index (Phi) is 9.33. The van der Waals surface area contributed by atoms with Crippen LogP contribution in [0.4, 0.5) is 5.69 Å². The van der Waals surface area contributed by atoms with Gasteiger partial charge in [-0.05, 0) is 61.2 Å². The average Bonchev–Trinajstić information content (AvgIpc) is 3.16. The fraction of sp³-hybridized carbons (Fsp3) is 0.269. The maximum absolute atomic E-state index is 11.6. The third-order valence-corrected chi connectivity index (χ3v) is 5.78. The number of pyridine rings is 1. The SMILES string of the molecule is Cc1cc(-c2cccc(CNc3ccc(Cn4oc(=O)[n-]c4=O)cc3)c2C)c(C)nc1OCCO.[Na+]. The van der Waals surface area contributed by atoms with Crippen molar-refractivity contribution in [1.29, 1.82) is 0 Å². The van der Waals surface area contributed by atoms with Crippen molar-refractivity contribution in [3.63, 3.8) is 0 Å². The first kappa shape index (κ1) is 27.5. The van der Waals surface area contributed by atoms with Gasteiger partial charge in [0, 0.05) is 35.6 Å². The van der Waals surface area contributed by atoms with Crippen LogP contribution >= 0.6 is 0 Å². The molecule has 2 aromatic heterocycles. The van der Waals surface area contributed by atoms with Crippen LogP contribution in [-0.2, 0) is 13.1 Å². The van der Waals surface area contributed by atoms with Gasteiger partial charge in [-0.3, -0.25) is 9.53 Å². The van der Waals surface area contributed by atoms with Crippen LogP contribution in [0.15, 0.2) is 62.6 Å². The van der Waals surface area contributed by atoms with Crippen LogP contribution in [0.2, 0.25) is 0 Å². The molecule has 0 saturated carbocycles. The minimum Gasteiger partial charge on any atom is -0.475 e. The number of aliphatic hydroxyl groups excluding tert-OH is 1. The van der Waals surface area contributed by atoms with Gasteiger partial charge in [0.05, 0.1) is 6.61 Å². The first-order valence-electron chi connectivity index (χ1n) is 11.2. The summed E-state index contributed by atoms with van der Waals surface area (Å²) in [4.78, 5) is 30.4. The largest absolute Gasteiger partial charge is 1.00 e. The molecule has 182 valence electrons. The molecule has 0 atom stereocenters. The van der Waals surface area contributed by atoms with E-state index in [-0.39, 0.29) is 49.3 Å². The number of nitrogens with one attached hydrogen (secondary N) is 1. The second-order valence-corrected chi connectivity index (χ2v) is 8.24. The van der Waals surface area contributed by atoms with E-state index in [9.17, 15) is 9.59 Å². The number of ether oxygens (including phenoxy) is 1. The Hall–Kier alpha value is -3.11. The number of hydrogen-bond acceptors (Lipinski definition) is 7. The van der Waals surface area contributed by atoms with Gasteiger partial charge in [0.25, 0.3) is 0 Å². The van der Waals surface area contributed by atoms with Gasteiger partial charge in [0.15, 0.2) is 5.69 Å². The normalized spacial score (nSPS) is 10.7. The summed E-state index contributed by atoms with van der Waals surface area (Å²) in [6.07, 6.45) is 0. The molecular weight excluding hydrogens is 471 g/mol. The summed E-state index contributed by atoms with van der Waals surface area (Å²) in [7, 11) is 0. The molecule has 0 aliphatic heterocycles. The summed E-state index contributed by atoms with van der Waals surface area (Å²) in [6, 6.07) is 15.8. The summed E-state index contributed by atoms with van der Waals surface area (Å²) in [5, 5.41) is 12.4. The van der Waals surface area contributed by atoms with Crippen molar-refractivity contribution in [2.24, 2.45) is 0 Å². The van der Waals surface area contributed by atoms with Crippen molar-refractivity contribution in [3.05, 3.63) is 97.5 Å². The monoisotopic (exact) mass is 498 g/mol. The van der Waals surface area contributed by atoms with Crippen LogP contribution in [0.1, 0.15) is 27.9 Å². The van der Waals surface area contributed by atoms with Gasteiger partial charge >= 0.3 is 35.3 Å². The van der Waals surface area contributed by atoms with Crippen LogP contribution in [-0.4, -0.2) is 28.0 Å². The number of hydrogen-bond donors (Lipinski definition) is 2. The van der Waals surface area contributed by atoms with Crippen LogP contribution in [0, 0.1) is 20.8 Å². The molecule has 0 saturated heterocycles. The molecule has 0 bridgehead atoms. The Morgan fingerprint density at radius 3 is 2.50 bits per heavy atom. The molecule has 0 aliphatic rings. The van der Waals surface area contributed by atoms with Gasteiger partial charge in [-0.15, -0.1) is 0 Å². The molecule has 2 aromatic carbocycles. The number of aliphatic hydroxyl groups is 1. The van der Waals surface area contributed by atoms with Gasteiger partial charge in [0.2, 0.25) is 5.88 Å². The van der Waals surface area contributed by atoms with Crippen LogP contribution in [0.3, 0.4) is 0 Å². The first-order valence-corrected chi connectivity index (χ1v) is 11.2. The topological polar surface area (TPSA) is 121 Å². The molecule has 9 nitrogen and oxygen atoms in total. The third-order valence-electron chi connectivity index (χ3n) is 5.78. The van der Waals surface area contributed by atoms with Crippen LogP contribution < -0.4 is 56.0 Å². The molecule has 0 fully saturated rings. The Labute approximate surface area is 230 Å². The molecule has 0 amide bonds. The van der Waals surface area contributed by atoms with Gasteiger partial charge in [-0.2, -0.15) is 0 Å². The molecule has 0 radical (unpaired) electrons. The predicted molar refractivity (Wildman–Crippen MR) is 132 cm³/mol. The first-order chi connectivity index (χ1) is 16.9. The summed E-state index contributed by atoms with van der Waals surface area (Å²) in [5.41, 5.74) is 7.29. The number of benzene rings is 2. The number of nitrogens with zero attached hydrogens (tertiary/aromatic N) is 3. The Morgan fingerprint density at radius 1 is 1.08 bits per heavy atom. The van der Waals surface area contributed by atoms with E-state index in [0.29, 0.717) is 12.4 Å². The molecular formula is C26H27N4NaO5. The van der Waals surface area contributed by atoms with E-state index >= 15 is 0 Å². The maximum Gasteiger partial charge on any atom is 1.00 e. The summed E-state index contributed by atoms with van der Waals surface area (Å²) >= 11 is 0. The molecule has 2 heterocycles. The molecule has 0 spiro atoms. The maximum atomic E-state index is 11.6. The van der Waals surface area contributed by atoms with E-state index in [1.165, 1.54) is 0 Å². The molecule has 2 N–H and O–H groups in total. The fourth-order valence-electron chi connectivity index (χ4n) is 3.89. The van der Waals surface area contributed by atoms with E-state index in [1.807, 2.05) is 44.2 Å².